The molecule has 0 fully saturated rings. The van der Waals surface area contributed by atoms with Crippen LogP contribution in [0.3, 0.4) is 0 Å². The van der Waals surface area contributed by atoms with Crippen molar-refractivity contribution in [2.75, 3.05) is 0 Å². The molecule has 0 unspecified atom stereocenters. The minimum absolute atomic E-state index is 0.199. The first-order valence-electron chi connectivity index (χ1n) is 5.52. The molecule has 2 aromatic rings. The van der Waals surface area contributed by atoms with Gasteiger partial charge >= 0.3 is 5.69 Å². The van der Waals surface area contributed by atoms with Gasteiger partial charge in [0.15, 0.2) is 0 Å². The van der Waals surface area contributed by atoms with Gasteiger partial charge in [-0.15, -0.1) is 0 Å². The Kier molecular flexibility index (Phi) is 4.64. The summed E-state index contributed by atoms with van der Waals surface area (Å²) in [4.78, 5) is 14.4. The number of hydrogen-bond acceptors (Lipinski definition) is 2. The first-order valence-corrected chi connectivity index (χ1v) is 5.52. The first-order chi connectivity index (χ1) is 7.99. The molecule has 0 saturated heterocycles. The molecule has 0 bridgehead atoms. The highest BCUT2D eigenvalue weighted by Gasteiger charge is 1.88. The van der Waals surface area contributed by atoms with E-state index in [9.17, 15) is 4.79 Å². The van der Waals surface area contributed by atoms with Gasteiger partial charge in [0.25, 0.3) is 0 Å². The van der Waals surface area contributed by atoms with Crippen LogP contribution in [0.4, 0.5) is 0 Å². The van der Waals surface area contributed by atoms with Gasteiger partial charge in [0, 0.05) is 18.9 Å². The molecule has 0 aliphatic rings. The average molecular weight is 230 g/mol. The van der Waals surface area contributed by atoms with Gasteiger partial charge in [0.2, 0.25) is 0 Å². The van der Waals surface area contributed by atoms with E-state index in [2.05, 4.69) is 43.1 Å². The third-order valence-corrected chi connectivity index (χ3v) is 2.33. The predicted molar refractivity (Wildman–Crippen MR) is 70.1 cm³/mol. The van der Waals surface area contributed by atoms with Crippen LogP contribution < -0.4 is 5.69 Å². The fourth-order valence-electron chi connectivity index (χ4n) is 1.19. The molecule has 0 atom stereocenters. The van der Waals surface area contributed by atoms with E-state index >= 15 is 0 Å². The third kappa shape index (κ3) is 4.64. The molecular formula is C14H18N2O. The minimum Gasteiger partial charge on any atom is -0.302 e. The molecule has 90 valence electrons. The van der Waals surface area contributed by atoms with Gasteiger partial charge in [-0.05, 0) is 26.8 Å². The molecule has 0 aliphatic heterocycles. The summed E-state index contributed by atoms with van der Waals surface area (Å²) in [6, 6.07) is 10.3. The summed E-state index contributed by atoms with van der Waals surface area (Å²) < 4.78 is 1.44. The second-order valence-corrected chi connectivity index (χ2v) is 4.12. The summed E-state index contributed by atoms with van der Waals surface area (Å²) in [5.74, 6) is 0. The maximum Gasteiger partial charge on any atom is 0.347 e. The van der Waals surface area contributed by atoms with Crippen LogP contribution in [0.25, 0.3) is 0 Å². The molecule has 1 aromatic heterocycles. The van der Waals surface area contributed by atoms with Crippen LogP contribution in [0.2, 0.25) is 0 Å². The first kappa shape index (κ1) is 13.2. The van der Waals surface area contributed by atoms with Crippen molar-refractivity contribution >= 4 is 0 Å². The van der Waals surface area contributed by atoms with E-state index < -0.39 is 0 Å². The van der Waals surface area contributed by atoms with Crippen LogP contribution in [0, 0.1) is 20.8 Å². The van der Waals surface area contributed by atoms with Crippen LogP contribution in [0.15, 0.2) is 41.3 Å². The molecule has 3 nitrogen and oxygen atoms in total. The fraction of sp³-hybridized carbons (Fsp3) is 0.286. The van der Waals surface area contributed by atoms with Crippen molar-refractivity contribution in [1.29, 1.82) is 0 Å². The van der Waals surface area contributed by atoms with Gasteiger partial charge in [-0.2, -0.15) is 4.98 Å². The zero-order valence-corrected chi connectivity index (χ0v) is 10.8. The van der Waals surface area contributed by atoms with Crippen LogP contribution in [0.1, 0.15) is 16.8 Å². The van der Waals surface area contributed by atoms with Crippen molar-refractivity contribution in [2.45, 2.75) is 20.8 Å². The molecule has 3 heteroatoms. The summed E-state index contributed by atoms with van der Waals surface area (Å²) in [5, 5.41) is 0. The van der Waals surface area contributed by atoms with Gasteiger partial charge in [0.05, 0.1) is 0 Å². The summed E-state index contributed by atoms with van der Waals surface area (Å²) in [6.07, 6.45) is 1.70. The molecule has 17 heavy (non-hydrogen) atoms. The van der Waals surface area contributed by atoms with Crippen molar-refractivity contribution in [3.05, 3.63) is 63.8 Å². The Labute approximate surface area is 102 Å². The Hall–Kier alpha value is -1.90. The van der Waals surface area contributed by atoms with Crippen molar-refractivity contribution in [3.63, 3.8) is 0 Å². The topological polar surface area (TPSA) is 34.9 Å². The zero-order valence-electron chi connectivity index (χ0n) is 10.8. The molecular weight excluding hydrogens is 212 g/mol. The molecule has 1 aromatic carbocycles. The number of hydrogen-bond donors (Lipinski definition) is 0. The Morgan fingerprint density at radius 2 is 1.41 bits per heavy atom. The lowest BCUT2D eigenvalue weighted by atomic mass is 10.2. The summed E-state index contributed by atoms with van der Waals surface area (Å²) in [7, 11) is 1.68. The second-order valence-electron chi connectivity index (χ2n) is 4.12. The van der Waals surface area contributed by atoms with E-state index in [0.29, 0.717) is 0 Å². The second kappa shape index (κ2) is 5.99. The standard InChI is InChI=1S/C8H10.C6H8N2O/c1-7-3-5-8(2)6-4-7;1-5-3-4-8(2)6(9)7-5/h3-6H,1-2H3;3-4H,1-2H3. The van der Waals surface area contributed by atoms with Crippen LogP contribution in [-0.4, -0.2) is 9.55 Å². The van der Waals surface area contributed by atoms with Gasteiger partial charge in [-0.1, -0.05) is 35.4 Å². The third-order valence-electron chi connectivity index (χ3n) is 2.33. The van der Waals surface area contributed by atoms with Crippen molar-refractivity contribution in [1.82, 2.24) is 9.55 Å². The monoisotopic (exact) mass is 230 g/mol. The number of rotatable bonds is 0. The van der Waals surface area contributed by atoms with Gasteiger partial charge in [-0.3, -0.25) is 0 Å². The quantitative estimate of drug-likeness (QED) is 0.696. The minimum atomic E-state index is -0.199. The summed E-state index contributed by atoms with van der Waals surface area (Å²) >= 11 is 0. The van der Waals surface area contributed by atoms with Crippen molar-refractivity contribution in [2.24, 2.45) is 7.05 Å². The molecule has 1 heterocycles. The van der Waals surface area contributed by atoms with Crippen molar-refractivity contribution in [3.8, 4) is 0 Å². The molecule has 0 aliphatic carbocycles. The van der Waals surface area contributed by atoms with Crippen LogP contribution in [-0.2, 0) is 7.05 Å². The zero-order chi connectivity index (χ0) is 12.8. The van der Waals surface area contributed by atoms with E-state index in [1.807, 2.05) is 0 Å². The molecule has 0 N–H and O–H groups in total. The Morgan fingerprint density at radius 1 is 0.941 bits per heavy atom. The van der Waals surface area contributed by atoms with Gasteiger partial charge < -0.3 is 4.57 Å². The number of benzene rings is 1. The number of aryl methyl sites for hydroxylation is 4. The molecule has 0 spiro atoms. The Balaban J connectivity index is 0.000000171. The lowest BCUT2D eigenvalue weighted by Gasteiger charge is -1.92. The molecule has 0 saturated carbocycles. The van der Waals surface area contributed by atoms with Crippen LogP contribution in [0.5, 0.6) is 0 Å². The highest BCUT2D eigenvalue weighted by Crippen LogP contribution is 1.99. The number of aromatic nitrogens is 2. The van der Waals surface area contributed by atoms with Gasteiger partial charge in [-0.25, -0.2) is 4.79 Å². The van der Waals surface area contributed by atoms with E-state index in [4.69, 9.17) is 0 Å². The van der Waals surface area contributed by atoms with E-state index in [0.717, 1.165) is 5.69 Å². The maximum atomic E-state index is 10.7. The summed E-state index contributed by atoms with van der Waals surface area (Å²) in [5.41, 5.74) is 3.22. The predicted octanol–water partition coefficient (Wildman–Crippen LogP) is 2.39. The van der Waals surface area contributed by atoms with E-state index in [1.165, 1.54) is 15.7 Å². The highest BCUT2D eigenvalue weighted by atomic mass is 16.1. The lowest BCUT2D eigenvalue weighted by molar-refractivity contribution is 0.799. The average Bonchev–Trinajstić information content (AvgIpc) is 2.29. The molecule has 2 rings (SSSR count). The lowest BCUT2D eigenvalue weighted by Crippen LogP contribution is -2.19. The highest BCUT2D eigenvalue weighted by molar-refractivity contribution is 5.19. The van der Waals surface area contributed by atoms with E-state index in [1.54, 1.807) is 26.2 Å². The Morgan fingerprint density at radius 3 is 1.76 bits per heavy atom. The summed E-state index contributed by atoms with van der Waals surface area (Å²) in [6.45, 7) is 5.99. The smallest absolute Gasteiger partial charge is 0.302 e. The Bertz CT molecular complexity index is 506. The SMILES string of the molecule is Cc1ccc(C)cc1.Cc1ccn(C)c(=O)n1. The maximum absolute atomic E-state index is 10.7. The van der Waals surface area contributed by atoms with Crippen LogP contribution >= 0.6 is 0 Å². The van der Waals surface area contributed by atoms with Gasteiger partial charge in [0.1, 0.15) is 0 Å². The molecule has 0 amide bonds. The fourth-order valence-corrected chi connectivity index (χ4v) is 1.19. The largest absolute Gasteiger partial charge is 0.347 e. The number of nitrogens with zero attached hydrogens (tertiary/aromatic N) is 2. The van der Waals surface area contributed by atoms with Crippen molar-refractivity contribution < 1.29 is 0 Å². The van der Waals surface area contributed by atoms with E-state index in [-0.39, 0.29) is 5.69 Å². The normalized spacial score (nSPS) is 9.41. The molecule has 0 radical (unpaired) electrons.